The van der Waals surface area contributed by atoms with Crippen molar-refractivity contribution in [3.63, 3.8) is 0 Å². The van der Waals surface area contributed by atoms with Gasteiger partial charge in [0, 0.05) is 50.9 Å². The third kappa shape index (κ3) is 6.45. The fraction of sp³-hybridized carbons (Fsp3) is 0.559. The summed E-state index contributed by atoms with van der Waals surface area (Å²) in [5, 5.41) is 34.5. The maximum atomic E-state index is 14.2. The number of anilines is 1. The summed E-state index contributed by atoms with van der Waals surface area (Å²) >= 11 is 0. The number of Topliss-reactive ketones (excluding diaryl/α,β-unsaturated/α-hetero) is 2. The van der Waals surface area contributed by atoms with Gasteiger partial charge < -0.3 is 35.6 Å². The van der Waals surface area contributed by atoms with Gasteiger partial charge in [0.1, 0.15) is 22.8 Å². The van der Waals surface area contributed by atoms with E-state index in [1.807, 2.05) is 25.7 Å². The Morgan fingerprint density at radius 2 is 1.68 bits per heavy atom. The second-order valence-electron chi connectivity index (χ2n) is 14.5. The first kappa shape index (κ1) is 35.5. The van der Waals surface area contributed by atoms with Crippen molar-refractivity contribution in [3.8, 4) is 5.75 Å². The Labute approximate surface area is 274 Å². The van der Waals surface area contributed by atoms with Gasteiger partial charge in [-0.3, -0.25) is 28.9 Å². The fourth-order valence-electron chi connectivity index (χ4n) is 7.43. The van der Waals surface area contributed by atoms with Crippen LogP contribution >= 0.6 is 0 Å². The molecule has 4 unspecified atom stereocenters. The van der Waals surface area contributed by atoms with Crippen molar-refractivity contribution in [1.29, 1.82) is 0 Å². The minimum Gasteiger partial charge on any atom is -0.510 e. The van der Waals surface area contributed by atoms with Crippen LogP contribution in [0.2, 0.25) is 0 Å². The van der Waals surface area contributed by atoms with Crippen molar-refractivity contribution in [2.75, 3.05) is 39.6 Å². The van der Waals surface area contributed by atoms with E-state index in [0.29, 0.717) is 11.3 Å². The van der Waals surface area contributed by atoms with E-state index in [9.17, 15) is 39.3 Å². The Kier molecular flexibility index (Phi) is 9.56. The molecule has 3 aliphatic rings. The van der Waals surface area contributed by atoms with Gasteiger partial charge in [0.2, 0.25) is 0 Å². The van der Waals surface area contributed by atoms with Crippen molar-refractivity contribution >= 4 is 40.8 Å². The number of aliphatic hydroxyl groups excluding tert-OH is 2. The summed E-state index contributed by atoms with van der Waals surface area (Å²) in [6, 6.07) is 0.902. The summed E-state index contributed by atoms with van der Waals surface area (Å²) < 4.78 is 5.15. The molecule has 0 bridgehead atoms. The molecule has 5 N–H and O–H groups in total. The molecule has 3 aliphatic carbocycles. The van der Waals surface area contributed by atoms with Crippen LogP contribution in [0.4, 0.5) is 5.69 Å². The van der Waals surface area contributed by atoms with Gasteiger partial charge >= 0.3 is 5.97 Å². The number of hydrogen-bond acceptors (Lipinski definition) is 11. The number of phenolic OH excluding ortho intramolecular Hbond substituents is 1. The van der Waals surface area contributed by atoms with Crippen LogP contribution in [0, 0.1) is 23.2 Å². The number of ether oxygens (including phenoxy) is 1. The molecule has 0 spiro atoms. The number of primary amides is 1. The van der Waals surface area contributed by atoms with Gasteiger partial charge in [-0.2, -0.15) is 0 Å². The number of esters is 1. The summed E-state index contributed by atoms with van der Waals surface area (Å²) in [5.41, 5.74) is 5.98. The smallest absolute Gasteiger partial charge is 0.303 e. The summed E-state index contributed by atoms with van der Waals surface area (Å²) in [6.07, 6.45) is -0.609. The number of carbonyl (C=O) groups is 5. The van der Waals surface area contributed by atoms with E-state index in [1.54, 1.807) is 39.2 Å². The van der Waals surface area contributed by atoms with Gasteiger partial charge in [-0.1, -0.05) is 20.8 Å². The van der Waals surface area contributed by atoms with Gasteiger partial charge in [0.25, 0.3) is 11.8 Å². The van der Waals surface area contributed by atoms with Gasteiger partial charge in [-0.05, 0) is 62.7 Å². The van der Waals surface area contributed by atoms with Crippen LogP contribution in [0.1, 0.15) is 57.7 Å². The fourth-order valence-corrected chi connectivity index (χ4v) is 7.43. The van der Waals surface area contributed by atoms with E-state index >= 15 is 0 Å². The van der Waals surface area contributed by atoms with E-state index in [0.717, 1.165) is 0 Å². The molecule has 1 aromatic carbocycles. The molecule has 1 fully saturated rings. The predicted molar refractivity (Wildman–Crippen MR) is 173 cm³/mol. The van der Waals surface area contributed by atoms with Gasteiger partial charge in [-0.15, -0.1) is 0 Å². The van der Waals surface area contributed by atoms with E-state index in [-0.39, 0.29) is 53.8 Å². The number of allylic oxidation sites excluding steroid dienone is 1. The van der Waals surface area contributed by atoms with Crippen LogP contribution in [-0.4, -0.2) is 101 Å². The SMILES string of the molecule is CC(=O)OC(C)C(=O)N(Cc1cc(N(C)C)c2c(c1O)C(O)=C1C(=O)C3C(=O)C(C(N)=O)=C(O)[C@H](N(C)C)C3CC1C2)CC(C)(C)C. The van der Waals surface area contributed by atoms with Crippen molar-refractivity contribution in [3.05, 3.63) is 39.7 Å². The molecular weight excluding hydrogens is 608 g/mol. The lowest BCUT2D eigenvalue weighted by molar-refractivity contribution is -0.158. The van der Waals surface area contributed by atoms with E-state index in [1.165, 1.54) is 18.7 Å². The van der Waals surface area contributed by atoms with Gasteiger partial charge in [0.05, 0.1) is 17.5 Å². The number of ketones is 2. The van der Waals surface area contributed by atoms with Crippen molar-refractivity contribution in [2.24, 2.45) is 28.9 Å². The number of aliphatic hydroxyl groups is 2. The van der Waals surface area contributed by atoms with E-state index < -0.39 is 76.3 Å². The molecule has 0 saturated heterocycles. The van der Waals surface area contributed by atoms with Crippen molar-refractivity contribution < 1.29 is 44.0 Å². The molecule has 0 heterocycles. The molecule has 2 amide bonds. The third-order valence-corrected chi connectivity index (χ3v) is 9.13. The lowest BCUT2D eigenvalue weighted by Gasteiger charge is -2.46. The lowest BCUT2D eigenvalue weighted by atomic mass is 9.59. The number of rotatable bonds is 8. The molecule has 0 radical (unpaired) electrons. The molecule has 13 heteroatoms. The van der Waals surface area contributed by atoms with Crippen molar-refractivity contribution in [1.82, 2.24) is 9.80 Å². The second-order valence-corrected chi connectivity index (χ2v) is 14.5. The molecule has 0 aliphatic heterocycles. The Morgan fingerprint density at radius 1 is 1.06 bits per heavy atom. The minimum atomic E-state index is -1.36. The second kappa shape index (κ2) is 12.7. The molecule has 0 aromatic heterocycles. The molecular formula is C34H46N4O9. The summed E-state index contributed by atoms with van der Waals surface area (Å²) in [6.45, 7) is 8.65. The predicted octanol–water partition coefficient (Wildman–Crippen LogP) is 2.24. The normalized spacial score (nSPS) is 23.2. The number of carbonyl (C=O) groups excluding carboxylic acids is 5. The summed E-state index contributed by atoms with van der Waals surface area (Å²) in [7, 11) is 6.93. The van der Waals surface area contributed by atoms with Crippen LogP contribution in [0.3, 0.4) is 0 Å². The Bertz CT molecular complexity index is 1600. The maximum absolute atomic E-state index is 14.2. The first-order valence-corrected chi connectivity index (χ1v) is 15.6. The van der Waals surface area contributed by atoms with Crippen LogP contribution in [0.25, 0.3) is 5.76 Å². The Balaban J connectivity index is 1.87. The number of likely N-dealkylation sites (N-methyl/N-ethyl adjacent to an activating group) is 1. The molecule has 4 rings (SSSR count). The number of benzene rings is 1. The van der Waals surface area contributed by atoms with Crippen LogP contribution in [0.5, 0.6) is 5.75 Å². The van der Waals surface area contributed by atoms with Gasteiger partial charge in [0.15, 0.2) is 17.7 Å². The number of hydrogen-bond donors (Lipinski definition) is 4. The molecule has 13 nitrogen and oxygen atoms in total. The first-order chi connectivity index (χ1) is 21.7. The third-order valence-electron chi connectivity index (χ3n) is 9.13. The topological polar surface area (TPSA) is 191 Å². The zero-order valence-corrected chi connectivity index (χ0v) is 28.5. The molecule has 1 aromatic rings. The molecule has 47 heavy (non-hydrogen) atoms. The largest absolute Gasteiger partial charge is 0.510 e. The lowest BCUT2D eigenvalue weighted by Crippen LogP contribution is -2.55. The summed E-state index contributed by atoms with van der Waals surface area (Å²) in [4.78, 5) is 69.9. The maximum Gasteiger partial charge on any atom is 0.303 e. The zero-order valence-electron chi connectivity index (χ0n) is 28.5. The van der Waals surface area contributed by atoms with Crippen molar-refractivity contribution in [2.45, 2.75) is 66.2 Å². The number of aromatic hydroxyl groups is 1. The monoisotopic (exact) mass is 654 g/mol. The Morgan fingerprint density at radius 3 is 2.19 bits per heavy atom. The van der Waals surface area contributed by atoms with Gasteiger partial charge in [-0.25, -0.2) is 0 Å². The number of fused-ring (bicyclic) bond motifs is 3. The average molecular weight is 655 g/mol. The van der Waals surface area contributed by atoms with E-state index in [2.05, 4.69) is 0 Å². The number of nitrogens with zero attached hydrogens (tertiary/aromatic N) is 3. The van der Waals surface area contributed by atoms with E-state index in [4.69, 9.17) is 10.5 Å². The molecule has 256 valence electrons. The molecule has 5 atom stereocenters. The highest BCUT2D eigenvalue weighted by Crippen LogP contribution is 2.52. The first-order valence-electron chi connectivity index (χ1n) is 15.6. The minimum absolute atomic E-state index is 0.0291. The number of phenols is 1. The average Bonchev–Trinajstić information content (AvgIpc) is 2.91. The number of nitrogens with two attached hydrogens (primary N) is 1. The highest BCUT2D eigenvalue weighted by atomic mass is 16.5. The highest BCUT2D eigenvalue weighted by Gasteiger charge is 2.56. The van der Waals surface area contributed by atoms with Crippen LogP contribution in [0.15, 0.2) is 23.0 Å². The summed E-state index contributed by atoms with van der Waals surface area (Å²) in [5.74, 6) is -7.68. The number of amides is 2. The Hall–Kier alpha value is -4.39. The van der Waals surface area contributed by atoms with Crippen LogP contribution in [-0.2, 0) is 41.7 Å². The standard InChI is InChI=1S/C34H46N4O9/c1-15(47-16(2)39)33(46)38(14-34(3,4)5)13-18-12-21(36(6)7)19-10-17-11-20-24(29(42)22(17)28(41)23(19)27(18)40)30(43)25(32(35)45)31(44)26(20)37(8)9/h12,15,17,20,24,26,40-41,44H,10-11,13-14H2,1-9H3,(H2,35,45)/t15?,17?,20?,24?,26-/m1/s1. The zero-order chi connectivity index (χ0) is 35.4. The molecule has 1 saturated carbocycles. The quantitative estimate of drug-likeness (QED) is 0.183. The van der Waals surface area contributed by atoms with Crippen LogP contribution < -0.4 is 10.6 Å². The highest BCUT2D eigenvalue weighted by molar-refractivity contribution is 6.28.